The van der Waals surface area contributed by atoms with Crippen molar-refractivity contribution in [3.63, 3.8) is 0 Å². The number of hydrogen-bond donors (Lipinski definition) is 2. The molecule has 20 heavy (non-hydrogen) atoms. The first-order valence-corrected chi connectivity index (χ1v) is 8.63. The molecule has 1 aliphatic heterocycles. The Balaban J connectivity index is 2.09. The molecule has 1 aromatic rings. The minimum absolute atomic E-state index is 0.0462. The molecule has 2 N–H and O–H groups in total. The lowest BCUT2D eigenvalue weighted by Crippen LogP contribution is -2.50. The fraction of sp³-hybridized carbons (Fsp3) is 0.571. The Kier molecular flexibility index (Phi) is 5.39. The Hall–Kier alpha value is -1.11. The number of hydrogen-bond acceptors (Lipinski definition) is 3. The van der Waals surface area contributed by atoms with Gasteiger partial charge in [0.05, 0.1) is 0 Å². The molecule has 0 radical (unpaired) electrons. The summed E-state index contributed by atoms with van der Waals surface area (Å²) >= 11 is 0. The normalized spacial score (nSPS) is 20.8. The first kappa shape index (κ1) is 15.3. The number of nitrogens with one attached hydrogen (secondary N) is 2. The largest absolute Gasteiger partial charge is 0.315 e. The zero-order valence-electron chi connectivity index (χ0n) is 11.9. The maximum absolute atomic E-state index is 12.5. The highest BCUT2D eigenvalue weighted by atomic mass is 32.2. The van der Waals surface area contributed by atoms with Gasteiger partial charge < -0.3 is 5.32 Å². The van der Waals surface area contributed by atoms with E-state index in [1.54, 1.807) is 16.4 Å². The molecular weight excluding hydrogens is 274 g/mol. The molecule has 0 bridgehead atoms. The second-order valence-electron chi connectivity index (χ2n) is 5.04. The van der Waals surface area contributed by atoms with Gasteiger partial charge in [-0.2, -0.15) is 12.7 Å². The van der Waals surface area contributed by atoms with Crippen molar-refractivity contribution in [2.75, 3.05) is 24.4 Å². The van der Waals surface area contributed by atoms with E-state index in [4.69, 9.17) is 0 Å². The number of rotatable bonds is 6. The van der Waals surface area contributed by atoms with Gasteiger partial charge in [0.15, 0.2) is 0 Å². The molecule has 1 aromatic carbocycles. The minimum atomic E-state index is -3.47. The number of piperidine rings is 1. The third kappa shape index (κ3) is 3.94. The lowest BCUT2D eigenvalue weighted by Gasteiger charge is -2.34. The third-order valence-electron chi connectivity index (χ3n) is 3.53. The number of benzene rings is 1. The molecule has 1 heterocycles. The Morgan fingerprint density at radius 3 is 2.70 bits per heavy atom. The monoisotopic (exact) mass is 297 g/mol. The van der Waals surface area contributed by atoms with Crippen LogP contribution in [0.4, 0.5) is 5.69 Å². The smallest absolute Gasteiger partial charge is 0.301 e. The topological polar surface area (TPSA) is 61.4 Å². The van der Waals surface area contributed by atoms with Crippen molar-refractivity contribution in [2.45, 2.75) is 32.2 Å². The van der Waals surface area contributed by atoms with Crippen molar-refractivity contribution in [3.8, 4) is 0 Å². The molecular formula is C14H23N3O2S. The van der Waals surface area contributed by atoms with Gasteiger partial charge in [-0.15, -0.1) is 0 Å². The lowest BCUT2D eigenvalue weighted by atomic mass is 10.1. The molecule has 0 amide bonds. The van der Waals surface area contributed by atoms with Gasteiger partial charge in [-0.05, 0) is 31.5 Å². The van der Waals surface area contributed by atoms with Crippen LogP contribution in [0.5, 0.6) is 0 Å². The highest BCUT2D eigenvalue weighted by molar-refractivity contribution is 7.90. The van der Waals surface area contributed by atoms with E-state index in [2.05, 4.69) is 10.0 Å². The SMILES string of the molecule is CCNCC1CCCCN1S(=O)(=O)Nc1ccccc1. The number of likely N-dealkylation sites (N-methyl/N-ethyl adjacent to an activating group) is 1. The summed E-state index contributed by atoms with van der Waals surface area (Å²) in [6.07, 6.45) is 2.94. The number of para-hydroxylation sites is 1. The molecule has 0 saturated carbocycles. The average Bonchev–Trinajstić information content (AvgIpc) is 2.46. The fourth-order valence-electron chi connectivity index (χ4n) is 2.52. The quantitative estimate of drug-likeness (QED) is 0.842. The molecule has 0 spiro atoms. The van der Waals surface area contributed by atoms with E-state index >= 15 is 0 Å². The molecule has 6 heteroatoms. The van der Waals surface area contributed by atoms with Crippen molar-refractivity contribution in [2.24, 2.45) is 0 Å². The lowest BCUT2D eigenvalue weighted by molar-refractivity contribution is 0.248. The van der Waals surface area contributed by atoms with Crippen molar-refractivity contribution in [1.82, 2.24) is 9.62 Å². The third-order valence-corrected chi connectivity index (χ3v) is 5.12. The van der Waals surface area contributed by atoms with Gasteiger partial charge >= 0.3 is 10.2 Å². The molecule has 1 aliphatic rings. The van der Waals surface area contributed by atoms with Crippen LogP contribution >= 0.6 is 0 Å². The average molecular weight is 297 g/mol. The summed E-state index contributed by atoms with van der Waals surface area (Å²) in [5.41, 5.74) is 0.611. The van der Waals surface area contributed by atoms with Crippen LogP contribution in [-0.2, 0) is 10.2 Å². The summed E-state index contributed by atoms with van der Waals surface area (Å²) in [6.45, 7) is 4.20. The van der Waals surface area contributed by atoms with E-state index in [1.165, 1.54) is 0 Å². The summed E-state index contributed by atoms with van der Waals surface area (Å²) in [5.74, 6) is 0. The maximum atomic E-state index is 12.5. The van der Waals surface area contributed by atoms with Crippen molar-refractivity contribution in [1.29, 1.82) is 0 Å². The van der Waals surface area contributed by atoms with Crippen molar-refractivity contribution in [3.05, 3.63) is 30.3 Å². The van der Waals surface area contributed by atoms with Crippen LogP contribution in [0.3, 0.4) is 0 Å². The van der Waals surface area contributed by atoms with Crippen molar-refractivity contribution >= 4 is 15.9 Å². The second-order valence-corrected chi connectivity index (χ2v) is 6.66. The van der Waals surface area contributed by atoms with Gasteiger partial charge in [0.25, 0.3) is 0 Å². The fourth-order valence-corrected chi connectivity index (χ4v) is 4.01. The number of nitrogens with zero attached hydrogens (tertiary/aromatic N) is 1. The standard InChI is InChI=1S/C14H23N3O2S/c1-2-15-12-14-10-6-7-11-17(14)20(18,19)16-13-8-4-3-5-9-13/h3-5,8-9,14-16H,2,6-7,10-12H2,1H3. The van der Waals surface area contributed by atoms with E-state index in [1.807, 2.05) is 25.1 Å². The summed E-state index contributed by atoms with van der Waals surface area (Å²) < 4.78 is 29.3. The molecule has 2 rings (SSSR count). The predicted molar refractivity (Wildman–Crippen MR) is 81.9 cm³/mol. The summed E-state index contributed by atoms with van der Waals surface area (Å²) in [7, 11) is -3.47. The second kappa shape index (κ2) is 7.06. The molecule has 0 aromatic heterocycles. The van der Waals surface area contributed by atoms with Crippen LogP contribution in [0, 0.1) is 0 Å². The summed E-state index contributed by atoms with van der Waals surface area (Å²) in [6, 6.07) is 9.09. The van der Waals surface area contributed by atoms with Gasteiger partial charge in [-0.1, -0.05) is 31.5 Å². The van der Waals surface area contributed by atoms with Crippen LogP contribution < -0.4 is 10.0 Å². The summed E-state index contributed by atoms with van der Waals surface area (Å²) in [4.78, 5) is 0. The molecule has 1 fully saturated rings. The minimum Gasteiger partial charge on any atom is -0.315 e. The van der Waals surface area contributed by atoms with E-state index in [0.717, 1.165) is 25.8 Å². The zero-order chi connectivity index (χ0) is 14.4. The summed E-state index contributed by atoms with van der Waals surface area (Å²) in [5, 5.41) is 3.25. The van der Waals surface area contributed by atoms with Crippen molar-refractivity contribution < 1.29 is 8.42 Å². The number of anilines is 1. The Bertz CT molecular complexity index is 504. The molecule has 112 valence electrons. The Labute approximate surface area is 121 Å². The molecule has 1 saturated heterocycles. The van der Waals surface area contributed by atoms with Crippen LogP contribution in [0.2, 0.25) is 0 Å². The van der Waals surface area contributed by atoms with E-state index < -0.39 is 10.2 Å². The Morgan fingerprint density at radius 2 is 2.00 bits per heavy atom. The van der Waals surface area contributed by atoms with E-state index in [0.29, 0.717) is 18.8 Å². The highest BCUT2D eigenvalue weighted by Crippen LogP contribution is 2.21. The first-order chi connectivity index (χ1) is 9.63. The van der Waals surface area contributed by atoms with Crippen LogP contribution in [0.15, 0.2) is 30.3 Å². The van der Waals surface area contributed by atoms with Crippen LogP contribution in [0.25, 0.3) is 0 Å². The highest BCUT2D eigenvalue weighted by Gasteiger charge is 2.31. The van der Waals surface area contributed by atoms with Gasteiger partial charge in [0, 0.05) is 24.8 Å². The van der Waals surface area contributed by atoms with E-state index in [-0.39, 0.29) is 6.04 Å². The molecule has 5 nitrogen and oxygen atoms in total. The maximum Gasteiger partial charge on any atom is 0.301 e. The predicted octanol–water partition coefficient (Wildman–Crippen LogP) is 1.81. The first-order valence-electron chi connectivity index (χ1n) is 7.19. The van der Waals surface area contributed by atoms with Gasteiger partial charge in [0.1, 0.15) is 0 Å². The molecule has 1 atom stereocenters. The van der Waals surface area contributed by atoms with Crippen LogP contribution in [-0.4, -0.2) is 38.4 Å². The zero-order valence-corrected chi connectivity index (χ0v) is 12.7. The molecule has 1 unspecified atom stereocenters. The van der Waals surface area contributed by atoms with E-state index in [9.17, 15) is 8.42 Å². The van der Waals surface area contributed by atoms with Gasteiger partial charge in [-0.25, -0.2) is 0 Å². The Morgan fingerprint density at radius 1 is 1.25 bits per heavy atom. The molecule has 0 aliphatic carbocycles. The van der Waals surface area contributed by atoms with Gasteiger partial charge in [0.2, 0.25) is 0 Å². The van der Waals surface area contributed by atoms with Gasteiger partial charge in [-0.3, -0.25) is 4.72 Å². The van der Waals surface area contributed by atoms with Crippen LogP contribution in [0.1, 0.15) is 26.2 Å².